The normalized spacial score (nSPS) is 13.0. The van der Waals surface area contributed by atoms with Crippen LogP contribution in [0.3, 0.4) is 0 Å². The molecule has 4 nitrogen and oxygen atoms in total. The van der Waals surface area contributed by atoms with E-state index >= 15 is 0 Å². The Bertz CT molecular complexity index is 738. The summed E-state index contributed by atoms with van der Waals surface area (Å²) in [6.07, 6.45) is 2.78. The number of pyridine rings is 1. The number of hydrogen-bond donors (Lipinski definition) is 1. The van der Waals surface area contributed by atoms with Gasteiger partial charge in [-0.05, 0) is 47.3 Å². The second-order valence-corrected chi connectivity index (χ2v) is 7.92. The Hall–Kier alpha value is -0.950. The smallest absolute Gasteiger partial charge is 0.242 e. The molecule has 1 unspecified atom stereocenters. The van der Waals surface area contributed by atoms with Gasteiger partial charge in [0.05, 0.1) is 4.47 Å². The van der Waals surface area contributed by atoms with Crippen LogP contribution in [0.5, 0.6) is 0 Å². The van der Waals surface area contributed by atoms with Crippen LogP contribution < -0.4 is 4.72 Å². The molecule has 1 aromatic carbocycles. The molecule has 0 radical (unpaired) electrons. The number of nitrogens with one attached hydrogen (secondary N) is 1. The van der Waals surface area contributed by atoms with E-state index in [0.29, 0.717) is 10.9 Å². The first kappa shape index (κ1) is 17.4. The molecule has 7 heteroatoms. The van der Waals surface area contributed by atoms with Crippen LogP contribution in [0.1, 0.15) is 18.9 Å². The number of aromatic nitrogens is 1. The lowest BCUT2D eigenvalue weighted by Crippen LogP contribution is -2.33. The summed E-state index contributed by atoms with van der Waals surface area (Å²) in [7, 11) is -3.60. The van der Waals surface area contributed by atoms with Crippen LogP contribution in [-0.4, -0.2) is 19.4 Å². The van der Waals surface area contributed by atoms with Crippen LogP contribution in [-0.2, 0) is 16.4 Å². The summed E-state index contributed by atoms with van der Waals surface area (Å²) in [5.74, 6) is 0. The zero-order valence-corrected chi connectivity index (χ0v) is 15.1. The molecule has 1 atom stereocenters. The lowest BCUT2D eigenvalue weighted by Gasteiger charge is -2.14. The van der Waals surface area contributed by atoms with E-state index in [1.165, 1.54) is 17.8 Å². The van der Waals surface area contributed by atoms with Gasteiger partial charge >= 0.3 is 0 Å². The van der Waals surface area contributed by atoms with Crippen LogP contribution in [0.2, 0.25) is 5.15 Å². The minimum Gasteiger partial charge on any atom is -0.242 e. The minimum absolute atomic E-state index is 0.0929. The highest BCUT2D eigenvalue weighted by molar-refractivity contribution is 9.10. The third kappa shape index (κ3) is 4.78. The standard InChI is InChI=1S/C15H16BrClN2O2S/c1-11(7-8-12-5-3-2-4-6-12)19-22(20,21)13-9-14(16)15(17)18-10-13/h2-6,9-11,19H,7-8H2,1H3. The second kappa shape index (κ2) is 7.55. The number of benzene rings is 1. The highest BCUT2D eigenvalue weighted by Crippen LogP contribution is 2.22. The van der Waals surface area contributed by atoms with E-state index in [4.69, 9.17) is 11.6 Å². The summed E-state index contributed by atoms with van der Waals surface area (Å²) in [6, 6.07) is 11.2. The van der Waals surface area contributed by atoms with Gasteiger partial charge in [-0.25, -0.2) is 18.1 Å². The molecular weight excluding hydrogens is 388 g/mol. The average Bonchev–Trinajstić information content (AvgIpc) is 2.48. The summed E-state index contributed by atoms with van der Waals surface area (Å²) in [6.45, 7) is 1.85. The Morgan fingerprint density at radius 3 is 2.64 bits per heavy atom. The number of halogens is 2. The van der Waals surface area contributed by atoms with Crippen LogP contribution in [0, 0.1) is 0 Å². The minimum atomic E-state index is -3.60. The maximum absolute atomic E-state index is 12.3. The van der Waals surface area contributed by atoms with E-state index in [9.17, 15) is 8.42 Å². The second-order valence-electron chi connectivity index (χ2n) is 4.99. The van der Waals surface area contributed by atoms with Crippen molar-refractivity contribution in [1.82, 2.24) is 9.71 Å². The fourth-order valence-corrected chi connectivity index (χ4v) is 3.82. The first-order chi connectivity index (χ1) is 10.4. The van der Waals surface area contributed by atoms with E-state index in [-0.39, 0.29) is 16.1 Å². The predicted octanol–water partition coefficient (Wildman–Crippen LogP) is 3.80. The van der Waals surface area contributed by atoms with Gasteiger partial charge in [0.2, 0.25) is 10.0 Å². The fourth-order valence-electron chi connectivity index (χ4n) is 1.97. The third-order valence-corrected chi connectivity index (χ3v) is 5.84. The van der Waals surface area contributed by atoms with E-state index < -0.39 is 10.0 Å². The first-order valence-corrected chi connectivity index (χ1v) is 9.41. The molecule has 0 aliphatic rings. The Morgan fingerprint density at radius 1 is 1.32 bits per heavy atom. The molecule has 0 spiro atoms. The summed E-state index contributed by atoms with van der Waals surface area (Å²) < 4.78 is 27.7. The zero-order chi connectivity index (χ0) is 16.2. The van der Waals surface area contributed by atoms with Gasteiger partial charge in [0.25, 0.3) is 0 Å². The van der Waals surface area contributed by atoms with Crippen molar-refractivity contribution in [2.24, 2.45) is 0 Å². The molecule has 0 bridgehead atoms. The Balaban J connectivity index is 2.00. The summed E-state index contributed by atoms with van der Waals surface area (Å²) in [5.41, 5.74) is 1.18. The lowest BCUT2D eigenvalue weighted by molar-refractivity contribution is 0.546. The Morgan fingerprint density at radius 2 is 2.00 bits per heavy atom. The fraction of sp³-hybridized carbons (Fsp3) is 0.267. The largest absolute Gasteiger partial charge is 0.242 e. The van der Waals surface area contributed by atoms with Crippen molar-refractivity contribution in [1.29, 1.82) is 0 Å². The molecule has 0 amide bonds. The molecule has 118 valence electrons. The van der Waals surface area contributed by atoms with E-state index in [2.05, 4.69) is 25.6 Å². The maximum atomic E-state index is 12.3. The summed E-state index contributed by atoms with van der Waals surface area (Å²) >= 11 is 8.96. The number of nitrogens with zero attached hydrogens (tertiary/aromatic N) is 1. The van der Waals surface area contributed by atoms with Crippen molar-refractivity contribution in [2.75, 3.05) is 0 Å². The predicted molar refractivity (Wildman–Crippen MR) is 91.5 cm³/mol. The Kier molecular flexibility index (Phi) is 5.97. The van der Waals surface area contributed by atoms with E-state index in [1.54, 1.807) is 0 Å². The SMILES string of the molecule is CC(CCc1ccccc1)NS(=O)(=O)c1cnc(Cl)c(Br)c1. The van der Waals surface area contributed by atoms with Gasteiger partial charge in [-0.2, -0.15) is 0 Å². The highest BCUT2D eigenvalue weighted by Gasteiger charge is 2.18. The quantitative estimate of drug-likeness (QED) is 0.746. The van der Waals surface area contributed by atoms with Gasteiger partial charge in [0.15, 0.2) is 0 Å². The molecular formula is C15H16BrClN2O2S. The lowest BCUT2D eigenvalue weighted by atomic mass is 10.1. The molecule has 0 aliphatic heterocycles. The number of rotatable bonds is 6. The van der Waals surface area contributed by atoms with Crippen molar-refractivity contribution < 1.29 is 8.42 Å². The number of sulfonamides is 1. The van der Waals surface area contributed by atoms with Crippen molar-refractivity contribution in [3.63, 3.8) is 0 Å². The van der Waals surface area contributed by atoms with Gasteiger partial charge in [-0.3, -0.25) is 0 Å². The molecule has 1 aromatic heterocycles. The van der Waals surface area contributed by atoms with E-state index in [1.807, 2.05) is 37.3 Å². The van der Waals surface area contributed by atoms with Crippen molar-refractivity contribution in [2.45, 2.75) is 30.7 Å². The third-order valence-electron chi connectivity index (χ3n) is 3.15. The van der Waals surface area contributed by atoms with Crippen molar-refractivity contribution in [3.8, 4) is 0 Å². The van der Waals surface area contributed by atoms with Crippen molar-refractivity contribution >= 4 is 37.6 Å². The van der Waals surface area contributed by atoms with Gasteiger partial charge in [0.1, 0.15) is 10.0 Å². The monoisotopic (exact) mass is 402 g/mol. The number of hydrogen-bond acceptors (Lipinski definition) is 3. The molecule has 2 rings (SSSR count). The average molecular weight is 404 g/mol. The summed E-state index contributed by atoms with van der Waals surface area (Å²) in [4.78, 5) is 3.94. The van der Waals surface area contributed by atoms with Gasteiger partial charge < -0.3 is 0 Å². The Labute approximate surface area is 144 Å². The molecule has 1 heterocycles. The maximum Gasteiger partial charge on any atom is 0.242 e. The molecule has 0 aliphatic carbocycles. The van der Waals surface area contributed by atoms with Crippen LogP contribution in [0.15, 0.2) is 52.0 Å². The molecule has 1 N–H and O–H groups in total. The van der Waals surface area contributed by atoms with Crippen molar-refractivity contribution in [3.05, 3.63) is 57.8 Å². The van der Waals surface area contributed by atoms with Crippen LogP contribution in [0.4, 0.5) is 0 Å². The molecule has 22 heavy (non-hydrogen) atoms. The van der Waals surface area contributed by atoms with Gasteiger partial charge in [-0.1, -0.05) is 41.9 Å². The number of aryl methyl sites for hydroxylation is 1. The topological polar surface area (TPSA) is 59.1 Å². The first-order valence-electron chi connectivity index (χ1n) is 6.76. The highest BCUT2D eigenvalue weighted by atomic mass is 79.9. The summed E-state index contributed by atoms with van der Waals surface area (Å²) in [5, 5.41) is 0.232. The molecule has 0 saturated heterocycles. The van der Waals surface area contributed by atoms with Crippen LogP contribution in [0.25, 0.3) is 0 Å². The zero-order valence-electron chi connectivity index (χ0n) is 12.0. The van der Waals surface area contributed by atoms with Gasteiger partial charge in [0, 0.05) is 12.2 Å². The van der Waals surface area contributed by atoms with E-state index in [0.717, 1.165) is 6.42 Å². The molecule has 2 aromatic rings. The van der Waals surface area contributed by atoms with Gasteiger partial charge in [-0.15, -0.1) is 0 Å². The van der Waals surface area contributed by atoms with Crippen LogP contribution >= 0.6 is 27.5 Å². The molecule has 0 saturated carbocycles. The molecule has 0 fully saturated rings.